The summed E-state index contributed by atoms with van der Waals surface area (Å²) in [6.45, 7) is 0. The number of rotatable bonds is 12. The quantitative estimate of drug-likeness (QED) is 0.0972. The van der Waals surface area contributed by atoms with Crippen molar-refractivity contribution < 1.29 is 0 Å². The molecule has 0 amide bonds. The van der Waals surface area contributed by atoms with Crippen LogP contribution in [0.2, 0.25) is 0 Å². The van der Waals surface area contributed by atoms with Crippen molar-refractivity contribution in [1.29, 1.82) is 0 Å². The number of hydrogen-bond donors (Lipinski definition) is 1. The Labute approximate surface area is 454 Å². The van der Waals surface area contributed by atoms with Crippen molar-refractivity contribution in [2.45, 2.75) is 0 Å². The topological polar surface area (TPSA) is 18.5 Å². The number of nitrogens with one attached hydrogen (secondary N) is 1. The molecular formula is C74H53N4+. The first kappa shape index (κ1) is 46.3. The van der Waals surface area contributed by atoms with Gasteiger partial charge in [0.05, 0.1) is 0 Å². The van der Waals surface area contributed by atoms with E-state index >= 15 is 0 Å². The summed E-state index contributed by atoms with van der Waals surface area (Å²) in [4.78, 5) is 4.75. The number of benzene rings is 14. The van der Waals surface area contributed by atoms with E-state index in [1.807, 2.05) is 0 Å². The molecule has 14 aromatic carbocycles. The van der Waals surface area contributed by atoms with Gasteiger partial charge in [-0.25, -0.2) is 0 Å². The zero-order valence-electron chi connectivity index (χ0n) is 42.9. The molecule has 1 N–H and O–H groups in total. The maximum atomic E-state index is 3.78. The second-order valence-corrected chi connectivity index (χ2v) is 19.9. The lowest BCUT2D eigenvalue weighted by atomic mass is 9.86. The first-order valence-corrected chi connectivity index (χ1v) is 26.7. The Bertz CT molecular complexity index is 4250. The smallest absolute Gasteiger partial charge is 0.148 e. The van der Waals surface area contributed by atoms with Crippen LogP contribution in [0.1, 0.15) is 0 Å². The van der Waals surface area contributed by atoms with Gasteiger partial charge in [0.2, 0.25) is 0 Å². The van der Waals surface area contributed by atoms with Crippen molar-refractivity contribution in [3.05, 3.63) is 315 Å². The molecule has 78 heavy (non-hydrogen) atoms. The zero-order valence-corrected chi connectivity index (χ0v) is 42.9. The van der Waals surface area contributed by atoms with E-state index in [4.69, 9.17) is 0 Å². The summed E-state index contributed by atoms with van der Waals surface area (Å²) in [7, 11) is 0. The Hall–Kier alpha value is -10.3. The first-order valence-electron chi connectivity index (χ1n) is 26.7. The van der Waals surface area contributed by atoms with Crippen molar-refractivity contribution in [1.82, 2.24) is 4.48 Å². The highest BCUT2D eigenvalue weighted by Gasteiger charge is 2.39. The Morgan fingerprint density at radius 3 is 0.897 bits per heavy atom. The van der Waals surface area contributed by atoms with Gasteiger partial charge in [-0.1, -0.05) is 164 Å². The molecule has 0 aliphatic heterocycles. The van der Waals surface area contributed by atoms with Gasteiger partial charge in [-0.15, -0.1) is 0 Å². The molecule has 368 valence electrons. The van der Waals surface area contributed by atoms with E-state index in [-0.39, 0.29) is 0 Å². The van der Waals surface area contributed by atoms with E-state index in [9.17, 15) is 0 Å². The maximum Gasteiger partial charge on any atom is 0.148 e. The zero-order chi connectivity index (χ0) is 51.8. The number of quaternary nitrogens is 1. The minimum atomic E-state index is 0.388. The third-order valence-electron chi connectivity index (χ3n) is 15.4. The van der Waals surface area contributed by atoms with E-state index in [2.05, 4.69) is 331 Å². The van der Waals surface area contributed by atoms with Gasteiger partial charge in [-0.2, -0.15) is 4.48 Å². The van der Waals surface area contributed by atoms with E-state index in [1.54, 1.807) is 0 Å². The van der Waals surface area contributed by atoms with Crippen molar-refractivity contribution >= 4 is 122 Å². The van der Waals surface area contributed by atoms with Crippen LogP contribution in [0.3, 0.4) is 0 Å². The summed E-state index contributed by atoms with van der Waals surface area (Å²) in [5.74, 6) is 0. The molecule has 0 aliphatic rings. The van der Waals surface area contributed by atoms with E-state index < -0.39 is 0 Å². The van der Waals surface area contributed by atoms with Gasteiger partial charge in [0, 0.05) is 94.0 Å². The van der Waals surface area contributed by atoms with Gasteiger partial charge in [0.25, 0.3) is 0 Å². The monoisotopic (exact) mass is 997 g/mol. The highest BCUT2D eigenvalue weighted by molar-refractivity contribution is 6.40. The van der Waals surface area contributed by atoms with Gasteiger partial charge >= 0.3 is 0 Å². The molecule has 4 nitrogen and oxygen atoms in total. The summed E-state index contributed by atoms with van der Waals surface area (Å²) in [6, 6.07) is 115. The van der Waals surface area contributed by atoms with Crippen molar-refractivity contribution in [2.24, 2.45) is 0 Å². The highest BCUT2D eigenvalue weighted by Crippen LogP contribution is 2.54. The van der Waals surface area contributed by atoms with Gasteiger partial charge in [-0.05, 0) is 157 Å². The normalized spacial score (nSPS) is 11.6. The van der Waals surface area contributed by atoms with Crippen LogP contribution in [0.5, 0.6) is 0 Å². The maximum absolute atomic E-state index is 3.78. The summed E-state index contributed by atoms with van der Waals surface area (Å²) in [5.41, 5.74) is 13.2. The van der Waals surface area contributed by atoms with Crippen LogP contribution >= 0.6 is 0 Å². The second-order valence-electron chi connectivity index (χ2n) is 19.9. The lowest BCUT2D eigenvalue weighted by molar-refractivity contribution is 0.705. The lowest BCUT2D eigenvalue weighted by Crippen LogP contribution is -2.33. The third kappa shape index (κ3) is 7.99. The van der Waals surface area contributed by atoms with Gasteiger partial charge in [0.1, 0.15) is 22.7 Å². The molecule has 4 heteroatoms. The van der Waals surface area contributed by atoms with Gasteiger partial charge < -0.3 is 15.1 Å². The fourth-order valence-corrected chi connectivity index (χ4v) is 12.0. The summed E-state index contributed by atoms with van der Waals surface area (Å²) >= 11 is 0. The van der Waals surface area contributed by atoms with Gasteiger partial charge in [-0.3, -0.25) is 0 Å². The SMILES string of the molecule is c1ccc(Nc2ccc3c(c2)c2cc([N+](c4ccccc4)(c4ccccc4)c4ccccc4)ccc2c2c4ccc(N(c5ccccc5)c5ccccc5)cc4c4cc(N(c5ccccc5)c5ccccc5)ccc4c32)cc1. The Kier molecular flexibility index (Phi) is 11.7. The van der Waals surface area contributed by atoms with Crippen LogP contribution in [0.4, 0.5) is 68.2 Å². The van der Waals surface area contributed by atoms with Crippen LogP contribution in [0, 0.1) is 0 Å². The summed E-state index contributed by atoms with van der Waals surface area (Å²) in [6.07, 6.45) is 0. The Morgan fingerprint density at radius 1 is 0.205 bits per heavy atom. The van der Waals surface area contributed by atoms with Crippen LogP contribution in [0.25, 0.3) is 53.9 Å². The molecular weight excluding hydrogens is 945 g/mol. The minimum absolute atomic E-state index is 0.388. The number of hydrogen-bond acceptors (Lipinski definition) is 3. The predicted molar refractivity (Wildman–Crippen MR) is 333 cm³/mol. The molecule has 0 bridgehead atoms. The Morgan fingerprint density at radius 2 is 0.513 bits per heavy atom. The van der Waals surface area contributed by atoms with Crippen molar-refractivity contribution in [3.8, 4) is 0 Å². The number of fused-ring (bicyclic) bond motifs is 11. The highest BCUT2D eigenvalue weighted by atomic mass is 15.4. The minimum Gasteiger partial charge on any atom is -0.356 e. The summed E-state index contributed by atoms with van der Waals surface area (Å²) in [5, 5.41) is 15.7. The Balaban J connectivity index is 1.13. The van der Waals surface area contributed by atoms with Crippen LogP contribution in [-0.2, 0) is 0 Å². The fourth-order valence-electron chi connectivity index (χ4n) is 12.0. The summed E-state index contributed by atoms with van der Waals surface area (Å²) < 4.78 is 0.388. The van der Waals surface area contributed by atoms with Crippen molar-refractivity contribution in [2.75, 3.05) is 15.1 Å². The molecule has 0 atom stereocenters. The molecule has 0 aromatic heterocycles. The molecule has 0 saturated carbocycles. The molecule has 0 radical (unpaired) electrons. The number of para-hydroxylation sites is 8. The van der Waals surface area contributed by atoms with Crippen LogP contribution in [0.15, 0.2) is 315 Å². The molecule has 14 aromatic rings. The van der Waals surface area contributed by atoms with Gasteiger partial charge in [0.15, 0.2) is 0 Å². The molecule has 0 aliphatic carbocycles. The standard InChI is InChI=1S/C74H53N4/c1-9-25-53(26-10-1)75-54-41-45-65-69(49-54)72-52-64(78(61-35-19-6-20-36-61,62-37-21-7-22-38-62)63-39-23-8-24-40-63)44-48-68(72)74-67-47-43-60(77(57-31-15-4-16-32-57)58-33-17-5-18-34-58)51-71(67)70-50-59(42-46-66(70)73(65)74)76(55-27-11-2-12-28-55)56-29-13-3-14-30-56/h1-52,75H/q+1. The van der Waals surface area contributed by atoms with Crippen molar-refractivity contribution in [3.63, 3.8) is 0 Å². The fraction of sp³-hybridized carbons (Fsp3) is 0. The molecule has 0 fully saturated rings. The lowest BCUT2D eigenvalue weighted by Gasteiger charge is -2.37. The van der Waals surface area contributed by atoms with E-state index in [1.165, 1.54) is 53.9 Å². The van der Waals surface area contributed by atoms with Crippen LogP contribution < -0.4 is 19.6 Å². The molecule has 14 rings (SSSR count). The van der Waals surface area contributed by atoms with E-state index in [0.29, 0.717) is 4.48 Å². The number of nitrogens with zero attached hydrogens (tertiary/aromatic N) is 3. The number of anilines is 8. The van der Waals surface area contributed by atoms with E-state index in [0.717, 1.165) is 68.2 Å². The third-order valence-corrected chi connectivity index (χ3v) is 15.4. The molecule has 0 unspecified atom stereocenters. The average Bonchev–Trinajstić information content (AvgIpc) is 3.53. The largest absolute Gasteiger partial charge is 0.356 e. The average molecular weight is 998 g/mol. The molecule has 0 saturated heterocycles. The molecule has 0 heterocycles. The predicted octanol–water partition coefficient (Wildman–Crippen LogP) is 21.4. The van der Waals surface area contributed by atoms with Crippen LogP contribution in [-0.4, -0.2) is 0 Å². The molecule has 0 spiro atoms. The second kappa shape index (κ2) is 19.8. The first-order chi connectivity index (χ1) is 38.7.